The lowest BCUT2D eigenvalue weighted by molar-refractivity contribution is 0.698. The Morgan fingerprint density at radius 2 is 2.29 bits per heavy atom. The zero-order chi connectivity index (χ0) is 12.8. The van der Waals surface area contributed by atoms with E-state index in [0.717, 1.165) is 23.5 Å². The van der Waals surface area contributed by atoms with Gasteiger partial charge in [0.05, 0.1) is 10.7 Å². The number of hydrogen-bond donors (Lipinski definition) is 0. The first-order chi connectivity index (χ1) is 8.02. The van der Waals surface area contributed by atoms with Crippen molar-refractivity contribution in [2.45, 2.75) is 40.5 Å². The summed E-state index contributed by atoms with van der Waals surface area (Å²) in [5.74, 6) is 0.591. The van der Waals surface area contributed by atoms with Gasteiger partial charge in [0, 0.05) is 5.38 Å². The molecule has 0 saturated heterocycles. The highest BCUT2D eigenvalue weighted by molar-refractivity contribution is 14.1. The Morgan fingerprint density at radius 3 is 2.82 bits per heavy atom. The smallest absolute Gasteiger partial charge is 0.0901 e. The van der Waals surface area contributed by atoms with E-state index in [4.69, 9.17) is 0 Å². The lowest BCUT2D eigenvalue weighted by Crippen LogP contribution is -1.94. The maximum Gasteiger partial charge on any atom is 0.0901 e. The molecule has 17 heavy (non-hydrogen) atoms. The Kier molecular flexibility index (Phi) is 6.41. The fourth-order valence-electron chi connectivity index (χ4n) is 1.46. The second kappa shape index (κ2) is 7.31. The summed E-state index contributed by atoms with van der Waals surface area (Å²) in [6, 6.07) is 0. The normalized spacial score (nSPS) is 15.1. The minimum absolute atomic E-state index is 0.591. The standard InChI is InChI=1S/C14H20INS/c1-5-13(15)7-6-10(2)11(3)8-14-9-17-12(4)16-14/h7-10H,5-6H2,1-4H3/b11-8+,13-7-/t10-/m0/s1. The summed E-state index contributed by atoms with van der Waals surface area (Å²) in [4.78, 5) is 4.47. The van der Waals surface area contributed by atoms with E-state index < -0.39 is 0 Å². The molecule has 94 valence electrons. The molecule has 0 spiro atoms. The van der Waals surface area contributed by atoms with E-state index in [1.54, 1.807) is 11.3 Å². The van der Waals surface area contributed by atoms with Gasteiger partial charge in [0.15, 0.2) is 0 Å². The molecule has 0 amide bonds. The van der Waals surface area contributed by atoms with Gasteiger partial charge >= 0.3 is 0 Å². The molecule has 3 heteroatoms. The molecule has 1 rings (SSSR count). The number of aromatic nitrogens is 1. The van der Waals surface area contributed by atoms with E-state index in [0.29, 0.717) is 5.92 Å². The van der Waals surface area contributed by atoms with Crippen molar-refractivity contribution in [3.63, 3.8) is 0 Å². The summed E-state index contributed by atoms with van der Waals surface area (Å²) in [5.41, 5.74) is 2.51. The van der Waals surface area contributed by atoms with Crippen LogP contribution in [0.3, 0.4) is 0 Å². The second-order valence-corrected chi connectivity index (χ2v) is 6.77. The van der Waals surface area contributed by atoms with Crippen LogP contribution >= 0.6 is 33.9 Å². The van der Waals surface area contributed by atoms with Gasteiger partial charge in [-0.15, -0.1) is 11.3 Å². The van der Waals surface area contributed by atoms with Crippen LogP contribution in [0, 0.1) is 12.8 Å². The van der Waals surface area contributed by atoms with Crippen LogP contribution in [0.25, 0.3) is 6.08 Å². The predicted octanol–water partition coefficient (Wildman–Crippen LogP) is 5.61. The molecular formula is C14H20INS. The van der Waals surface area contributed by atoms with E-state index in [-0.39, 0.29) is 0 Å². The molecule has 0 bridgehead atoms. The lowest BCUT2D eigenvalue weighted by atomic mass is 9.98. The molecule has 0 saturated carbocycles. The lowest BCUT2D eigenvalue weighted by Gasteiger charge is -2.09. The van der Waals surface area contributed by atoms with Gasteiger partial charge in [-0.2, -0.15) is 0 Å². The first-order valence-electron chi connectivity index (χ1n) is 5.97. The predicted molar refractivity (Wildman–Crippen MR) is 86.7 cm³/mol. The van der Waals surface area contributed by atoms with Gasteiger partial charge in [-0.1, -0.05) is 25.5 Å². The molecule has 0 N–H and O–H groups in total. The third-order valence-corrected chi connectivity index (χ3v) is 4.82. The molecule has 1 heterocycles. The van der Waals surface area contributed by atoms with Crippen LogP contribution in [0.5, 0.6) is 0 Å². The highest BCUT2D eigenvalue weighted by atomic mass is 127. The summed E-state index contributed by atoms with van der Waals surface area (Å²) in [6.45, 7) is 8.73. The third-order valence-electron chi connectivity index (χ3n) is 2.82. The Labute approximate surface area is 122 Å². The molecule has 1 aromatic rings. The minimum atomic E-state index is 0.591. The average molecular weight is 361 g/mol. The zero-order valence-electron chi connectivity index (χ0n) is 11.0. The fraction of sp³-hybridized carbons (Fsp3) is 0.500. The summed E-state index contributed by atoms with van der Waals surface area (Å²) in [7, 11) is 0. The molecule has 0 fully saturated rings. The van der Waals surface area contributed by atoms with Gasteiger partial charge in [-0.3, -0.25) is 0 Å². The number of hydrogen-bond acceptors (Lipinski definition) is 2. The highest BCUT2D eigenvalue weighted by Crippen LogP contribution is 2.21. The van der Waals surface area contributed by atoms with Crippen molar-refractivity contribution < 1.29 is 0 Å². The van der Waals surface area contributed by atoms with Crippen LogP contribution in [0.2, 0.25) is 0 Å². The molecule has 0 radical (unpaired) electrons. The maximum absolute atomic E-state index is 4.47. The molecule has 1 nitrogen and oxygen atoms in total. The zero-order valence-corrected chi connectivity index (χ0v) is 13.9. The largest absolute Gasteiger partial charge is 0.242 e. The molecule has 0 aromatic carbocycles. The van der Waals surface area contributed by atoms with Crippen molar-refractivity contribution in [3.05, 3.63) is 31.3 Å². The van der Waals surface area contributed by atoms with E-state index in [1.807, 2.05) is 6.92 Å². The molecule has 0 aliphatic carbocycles. The third kappa shape index (κ3) is 5.34. The van der Waals surface area contributed by atoms with Crippen molar-refractivity contribution >= 4 is 40.0 Å². The molecular weight excluding hydrogens is 341 g/mol. The highest BCUT2D eigenvalue weighted by Gasteiger charge is 2.04. The van der Waals surface area contributed by atoms with Gasteiger partial charge in [0.2, 0.25) is 0 Å². The Bertz CT molecular complexity index is 418. The summed E-state index contributed by atoms with van der Waals surface area (Å²) in [6.07, 6.45) is 6.81. The monoisotopic (exact) mass is 361 g/mol. The number of allylic oxidation sites excluding steroid dienone is 3. The van der Waals surface area contributed by atoms with Gasteiger partial charge in [0.1, 0.15) is 0 Å². The molecule has 0 unspecified atom stereocenters. The second-order valence-electron chi connectivity index (χ2n) is 4.32. The van der Waals surface area contributed by atoms with Gasteiger partial charge in [-0.25, -0.2) is 4.98 Å². The fourth-order valence-corrected chi connectivity index (χ4v) is 2.28. The van der Waals surface area contributed by atoms with E-state index in [2.05, 4.69) is 65.9 Å². The summed E-state index contributed by atoms with van der Waals surface area (Å²) in [5, 5.41) is 3.26. The van der Waals surface area contributed by atoms with Crippen LogP contribution in [-0.4, -0.2) is 4.98 Å². The van der Waals surface area contributed by atoms with Gasteiger partial charge in [0.25, 0.3) is 0 Å². The van der Waals surface area contributed by atoms with Crippen LogP contribution in [-0.2, 0) is 0 Å². The van der Waals surface area contributed by atoms with Crippen LogP contribution < -0.4 is 0 Å². The SMILES string of the molecule is CC/C(I)=C/C[C@H](C)/C(C)=C/c1csc(C)n1. The van der Waals surface area contributed by atoms with Crippen molar-refractivity contribution in [2.24, 2.45) is 5.92 Å². The van der Waals surface area contributed by atoms with Crippen molar-refractivity contribution in [1.29, 1.82) is 0 Å². The van der Waals surface area contributed by atoms with Crippen molar-refractivity contribution in [2.75, 3.05) is 0 Å². The van der Waals surface area contributed by atoms with E-state index in [9.17, 15) is 0 Å². The topological polar surface area (TPSA) is 12.9 Å². The number of aryl methyl sites for hydroxylation is 1. The Balaban J connectivity index is 2.63. The van der Waals surface area contributed by atoms with E-state index >= 15 is 0 Å². The summed E-state index contributed by atoms with van der Waals surface area (Å²) < 4.78 is 1.45. The number of nitrogens with zero attached hydrogens (tertiary/aromatic N) is 1. The van der Waals surface area contributed by atoms with Crippen molar-refractivity contribution in [1.82, 2.24) is 4.98 Å². The molecule has 0 aliphatic rings. The summed E-state index contributed by atoms with van der Waals surface area (Å²) >= 11 is 4.13. The first kappa shape index (κ1) is 14.9. The Morgan fingerprint density at radius 1 is 1.59 bits per heavy atom. The maximum atomic E-state index is 4.47. The first-order valence-corrected chi connectivity index (χ1v) is 7.93. The average Bonchev–Trinajstić information content (AvgIpc) is 2.70. The van der Waals surface area contributed by atoms with Crippen molar-refractivity contribution in [3.8, 4) is 0 Å². The molecule has 0 aliphatic heterocycles. The van der Waals surface area contributed by atoms with Crippen LogP contribution in [0.1, 0.15) is 44.3 Å². The molecule has 1 atom stereocenters. The number of thiazole rings is 1. The number of halogens is 1. The number of rotatable bonds is 5. The molecule has 1 aromatic heterocycles. The Hall–Kier alpha value is -0.160. The quantitative estimate of drug-likeness (QED) is 0.621. The van der Waals surface area contributed by atoms with Crippen LogP contribution in [0.4, 0.5) is 0 Å². The minimum Gasteiger partial charge on any atom is -0.242 e. The van der Waals surface area contributed by atoms with Gasteiger partial charge < -0.3 is 0 Å². The van der Waals surface area contributed by atoms with Crippen LogP contribution in [0.15, 0.2) is 20.6 Å². The van der Waals surface area contributed by atoms with E-state index in [1.165, 1.54) is 9.15 Å². The van der Waals surface area contributed by atoms with Gasteiger partial charge in [-0.05, 0) is 64.9 Å².